The van der Waals surface area contributed by atoms with Gasteiger partial charge in [0.1, 0.15) is 5.02 Å². The molecule has 12 heteroatoms. The number of carbonyl (C=O) groups is 2. The van der Waals surface area contributed by atoms with E-state index < -0.39 is 5.97 Å². The number of nitrogens with zero attached hydrogens (tertiary/aromatic N) is 4. The highest BCUT2D eigenvalue weighted by Crippen LogP contribution is 2.31. The molecule has 200 valence electrons. The van der Waals surface area contributed by atoms with Gasteiger partial charge in [-0.25, -0.2) is 4.98 Å². The molecule has 0 radical (unpaired) electrons. The van der Waals surface area contributed by atoms with Gasteiger partial charge in [0.05, 0.1) is 24.7 Å². The summed E-state index contributed by atoms with van der Waals surface area (Å²) >= 11 is 18.8. The average Bonchev–Trinajstić information content (AvgIpc) is 3.41. The van der Waals surface area contributed by atoms with Crippen molar-refractivity contribution in [1.82, 2.24) is 20.2 Å². The van der Waals surface area contributed by atoms with Crippen molar-refractivity contribution in [2.24, 2.45) is 0 Å². The van der Waals surface area contributed by atoms with Crippen molar-refractivity contribution in [3.8, 4) is 0 Å². The number of hydrogen-bond donors (Lipinski definition) is 3. The fourth-order valence-corrected chi connectivity index (χ4v) is 5.63. The summed E-state index contributed by atoms with van der Waals surface area (Å²) in [5, 5.41) is 17.3. The molecular formula is C25H31Cl3N6O3. The topological polar surface area (TPSA) is 111 Å². The second kappa shape index (κ2) is 12.5. The van der Waals surface area contributed by atoms with Gasteiger partial charge in [-0.3, -0.25) is 9.59 Å². The molecule has 1 amide bonds. The highest BCUT2D eigenvalue weighted by atomic mass is 35.5. The van der Waals surface area contributed by atoms with Crippen molar-refractivity contribution in [1.29, 1.82) is 0 Å². The maximum Gasteiger partial charge on any atom is 0.305 e. The highest BCUT2D eigenvalue weighted by Gasteiger charge is 2.34. The molecule has 0 saturated carbocycles. The standard InChI is InChI=1S/C25H31Cl3N6O3/c1-15(18-5-4-16(26)13-19(18)27)31-23-20(28)14-30-25(32-23)33-10-6-17(7-11-33)34(12-8-22(35)36)24(37)21-3-2-9-29-21/h4-5,13-15,17,21,29H,2-3,6-12H2,1H3,(H,35,36)(H,30,31,32)/t15-,21-/m1/s1. The number of carboxylic acid groups (broad SMARTS) is 1. The van der Waals surface area contributed by atoms with Gasteiger partial charge < -0.3 is 25.5 Å². The Morgan fingerprint density at radius 3 is 2.62 bits per heavy atom. The molecule has 1 aromatic heterocycles. The third-order valence-electron chi connectivity index (χ3n) is 6.91. The van der Waals surface area contributed by atoms with E-state index in [0.717, 1.165) is 24.9 Å². The molecule has 37 heavy (non-hydrogen) atoms. The van der Waals surface area contributed by atoms with Gasteiger partial charge in [0.25, 0.3) is 0 Å². The van der Waals surface area contributed by atoms with Crippen LogP contribution in [0.5, 0.6) is 0 Å². The summed E-state index contributed by atoms with van der Waals surface area (Å²) in [6, 6.07) is 4.92. The van der Waals surface area contributed by atoms with Crippen molar-refractivity contribution in [3.63, 3.8) is 0 Å². The molecule has 0 aliphatic carbocycles. The summed E-state index contributed by atoms with van der Waals surface area (Å²) in [5.41, 5.74) is 0.867. The Hall–Kier alpha value is -2.33. The van der Waals surface area contributed by atoms with E-state index in [4.69, 9.17) is 34.8 Å². The zero-order chi connectivity index (χ0) is 26.5. The number of nitrogens with one attached hydrogen (secondary N) is 2. The Morgan fingerprint density at radius 2 is 1.97 bits per heavy atom. The quantitative estimate of drug-likeness (QED) is 0.401. The van der Waals surface area contributed by atoms with Crippen LogP contribution in [0.15, 0.2) is 24.4 Å². The van der Waals surface area contributed by atoms with Crippen LogP contribution in [0.2, 0.25) is 15.1 Å². The van der Waals surface area contributed by atoms with Gasteiger partial charge >= 0.3 is 5.97 Å². The lowest BCUT2D eigenvalue weighted by molar-refractivity contribution is -0.140. The molecular weight excluding hydrogens is 539 g/mol. The Balaban J connectivity index is 1.42. The zero-order valence-electron chi connectivity index (χ0n) is 20.6. The molecule has 2 aliphatic heterocycles. The van der Waals surface area contributed by atoms with E-state index in [1.165, 1.54) is 0 Å². The lowest BCUT2D eigenvalue weighted by atomic mass is 10.0. The first kappa shape index (κ1) is 27.7. The molecule has 0 unspecified atom stereocenters. The van der Waals surface area contributed by atoms with Crippen molar-refractivity contribution < 1.29 is 14.7 Å². The summed E-state index contributed by atoms with van der Waals surface area (Å²) < 4.78 is 0. The predicted molar refractivity (Wildman–Crippen MR) is 146 cm³/mol. The molecule has 2 saturated heterocycles. The number of piperidine rings is 1. The first-order valence-electron chi connectivity index (χ1n) is 12.5. The Morgan fingerprint density at radius 1 is 1.22 bits per heavy atom. The molecule has 2 fully saturated rings. The van der Waals surface area contributed by atoms with E-state index >= 15 is 0 Å². The highest BCUT2D eigenvalue weighted by molar-refractivity contribution is 6.35. The number of hydrogen-bond acceptors (Lipinski definition) is 7. The molecule has 1 aromatic carbocycles. The van der Waals surface area contributed by atoms with Gasteiger partial charge in [0.15, 0.2) is 5.82 Å². The van der Waals surface area contributed by atoms with E-state index in [0.29, 0.717) is 52.8 Å². The van der Waals surface area contributed by atoms with Crippen LogP contribution in [0.3, 0.4) is 0 Å². The largest absolute Gasteiger partial charge is 0.481 e. The number of aromatic nitrogens is 2. The number of rotatable bonds is 9. The Labute approximate surface area is 231 Å². The fraction of sp³-hybridized carbons (Fsp3) is 0.520. The molecule has 0 bridgehead atoms. The van der Waals surface area contributed by atoms with Crippen LogP contribution in [0.25, 0.3) is 0 Å². The van der Waals surface area contributed by atoms with E-state index in [1.807, 2.05) is 13.0 Å². The number of benzene rings is 1. The van der Waals surface area contributed by atoms with Crippen LogP contribution >= 0.6 is 34.8 Å². The number of carboxylic acids is 1. The number of halogens is 3. The van der Waals surface area contributed by atoms with Gasteiger partial charge in [0.2, 0.25) is 11.9 Å². The molecule has 0 spiro atoms. The zero-order valence-corrected chi connectivity index (χ0v) is 22.9. The van der Waals surface area contributed by atoms with Crippen LogP contribution < -0.4 is 15.5 Å². The molecule has 9 nitrogen and oxygen atoms in total. The Kier molecular flexibility index (Phi) is 9.34. The summed E-state index contributed by atoms with van der Waals surface area (Å²) in [6.07, 6.45) is 4.64. The number of carbonyl (C=O) groups excluding carboxylic acids is 1. The predicted octanol–water partition coefficient (Wildman–Crippen LogP) is 4.63. The van der Waals surface area contributed by atoms with E-state index in [2.05, 4.69) is 25.5 Å². The van der Waals surface area contributed by atoms with Crippen molar-refractivity contribution >= 4 is 58.4 Å². The van der Waals surface area contributed by atoms with Crippen LogP contribution in [0.4, 0.5) is 11.8 Å². The van der Waals surface area contributed by atoms with Gasteiger partial charge in [-0.2, -0.15) is 4.98 Å². The van der Waals surface area contributed by atoms with Gasteiger partial charge in [-0.05, 0) is 56.8 Å². The minimum absolute atomic E-state index is 0.00118. The van der Waals surface area contributed by atoms with Crippen LogP contribution in [-0.4, -0.2) is 70.1 Å². The van der Waals surface area contributed by atoms with Gasteiger partial charge in [-0.1, -0.05) is 40.9 Å². The summed E-state index contributed by atoms with van der Waals surface area (Å²) in [4.78, 5) is 37.3. The summed E-state index contributed by atoms with van der Waals surface area (Å²) in [5.74, 6) is 0.137. The summed E-state index contributed by atoms with van der Waals surface area (Å²) in [7, 11) is 0. The lowest BCUT2D eigenvalue weighted by Crippen LogP contribution is -2.52. The smallest absolute Gasteiger partial charge is 0.305 e. The van der Waals surface area contributed by atoms with Crippen molar-refractivity contribution in [2.45, 2.75) is 57.2 Å². The molecule has 4 rings (SSSR count). The minimum atomic E-state index is -0.904. The third kappa shape index (κ3) is 6.96. The van der Waals surface area contributed by atoms with Crippen LogP contribution in [0.1, 0.15) is 50.6 Å². The van der Waals surface area contributed by atoms with E-state index in [9.17, 15) is 14.7 Å². The SMILES string of the molecule is C[C@@H](Nc1nc(N2CCC(N(CCC(=O)O)C(=O)[C@H]3CCCN3)CC2)ncc1Cl)c1ccc(Cl)cc1Cl. The fourth-order valence-electron chi connectivity index (χ4n) is 4.91. The first-order valence-corrected chi connectivity index (χ1v) is 13.6. The van der Waals surface area contributed by atoms with Crippen LogP contribution in [0, 0.1) is 0 Å². The van der Waals surface area contributed by atoms with Gasteiger partial charge in [0, 0.05) is 35.7 Å². The normalized spacial score (nSPS) is 19.0. The molecule has 2 aliphatic rings. The second-order valence-corrected chi connectivity index (χ2v) is 10.7. The number of anilines is 2. The Bertz CT molecular complexity index is 1120. The monoisotopic (exact) mass is 568 g/mol. The van der Waals surface area contributed by atoms with E-state index in [1.54, 1.807) is 23.2 Å². The maximum atomic E-state index is 13.1. The van der Waals surface area contributed by atoms with Gasteiger partial charge in [-0.15, -0.1) is 0 Å². The lowest BCUT2D eigenvalue weighted by Gasteiger charge is -2.39. The number of aliphatic carboxylic acids is 1. The average molecular weight is 570 g/mol. The van der Waals surface area contributed by atoms with Crippen molar-refractivity contribution in [2.75, 3.05) is 36.4 Å². The first-order chi connectivity index (χ1) is 17.7. The minimum Gasteiger partial charge on any atom is -0.481 e. The van der Waals surface area contributed by atoms with E-state index in [-0.39, 0.29) is 37.0 Å². The summed E-state index contributed by atoms with van der Waals surface area (Å²) in [6.45, 7) is 4.27. The molecule has 3 heterocycles. The van der Waals surface area contributed by atoms with Crippen LogP contribution in [-0.2, 0) is 9.59 Å². The maximum absolute atomic E-state index is 13.1. The molecule has 2 atom stereocenters. The second-order valence-electron chi connectivity index (χ2n) is 9.44. The molecule has 2 aromatic rings. The van der Waals surface area contributed by atoms with Crippen molar-refractivity contribution in [3.05, 3.63) is 45.0 Å². The third-order valence-corrected chi connectivity index (χ3v) is 7.75. The number of amides is 1. The molecule has 3 N–H and O–H groups in total.